The van der Waals surface area contributed by atoms with Crippen LogP contribution in [0.1, 0.15) is 32.2 Å². The Hall–Kier alpha value is -1.85. The van der Waals surface area contributed by atoms with Crippen LogP contribution in [0.4, 0.5) is 5.69 Å². The summed E-state index contributed by atoms with van der Waals surface area (Å²) in [5.41, 5.74) is 2.48. The van der Waals surface area contributed by atoms with Crippen LogP contribution in [0.2, 0.25) is 0 Å². The maximum Gasteiger partial charge on any atom is 0.128 e. The minimum atomic E-state index is 0.308. The Morgan fingerprint density at radius 1 is 1.25 bits per heavy atom. The minimum Gasteiger partial charge on any atom is -0.378 e. The second-order valence-electron chi connectivity index (χ2n) is 6.63. The first-order valence-electron chi connectivity index (χ1n) is 8.84. The Morgan fingerprint density at radius 2 is 2.04 bits per heavy atom. The van der Waals surface area contributed by atoms with E-state index in [0.29, 0.717) is 12.2 Å². The number of rotatable bonds is 6. The monoisotopic (exact) mass is 328 g/mol. The molecule has 0 amide bonds. The van der Waals surface area contributed by atoms with Crippen molar-refractivity contribution in [3.8, 4) is 0 Å². The number of anilines is 1. The predicted octanol–water partition coefficient (Wildman–Crippen LogP) is 3.12. The molecule has 5 nitrogen and oxygen atoms in total. The highest BCUT2D eigenvalue weighted by atomic mass is 16.5. The van der Waals surface area contributed by atoms with Crippen LogP contribution in [0.5, 0.6) is 0 Å². The average Bonchev–Trinajstić information content (AvgIpc) is 3.00. The Balaban J connectivity index is 1.59. The number of aromatic nitrogens is 2. The lowest BCUT2D eigenvalue weighted by atomic mass is 10.1. The summed E-state index contributed by atoms with van der Waals surface area (Å²) in [7, 11) is 0. The van der Waals surface area contributed by atoms with E-state index >= 15 is 0 Å². The second kappa shape index (κ2) is 7.81. The summed E-state index contributed by atoms with van der Waals surface area (Å²) in [6.07, 6.45) is 4.50. The molecule has 0 bridgehead atoms. The fraction of sp³-hybridized carbons (Fsp3) is 0.526. The molecular weight excluding hydrogens is 300 g/mol. The molecular formula is C19H28N4O. The van der Waals surface area contributed by atoms with E-state index in [-0.39, 0.29) is 0 Å². The van der Waals surface area contributed by atoms with E-state index in [1.54, 1.807) is 0 Å². The Bertz CT molecular complexity index is 644. The zero-order valence-electron chi connectivity index (χ0n) is 14.9. The Morgan fingerprint density at radius 3 is 2.79 bits per heavy atom. The molecule has 3 rings (SSSR count). The van der Waals surface area contributed by atoms with Crippen molar-refractivity contribution in [2.45, 2.75) is 52.6 Å². The predicted molar refractivity (Wildman–Crippen MR) is 97.0 cm³/mol. The van der Waals surface area contributed by atoms with Crippen LogP contribution >= 0.6 is 0 Å². The van der Waals surface area contributed by atoms with Crippen LogP contribution in [0.3, 0.4) is 0 Å². The molecule has 2 aromatic rings. The number of ether oxygens (including phenoxy) is 1. The molecule has 1 aliphatic rings. The van der Waals surface area contributed by atoms with Gasteiger partial charge in [0, 0.05) is 44.3 Å². The molecule has 1 N–H and O–H groups in total. The number of nitrogens with one attached hydrogen (secondary N) is 1. The summed E-state index contributed by atoms with van der Waals surface area (Å²) in [4.78, 5) is 6.89. The summed E-state index contributed by atoms with van der Waals surface area (Å²) >= 11 is 0. The number of hydrogen-bond acceptors (Lipinski definition) is 4. The highest BCUT2D eigenvalue weighted by Gasteiger charge is 2.21. The number of imidazole rings is 1. The molecule has 5 heteroatoms. The van der Waals surface area contributed by atoms with Crippen LogP contribution in [-0.4, -0.2) is 39.7 Å². The van der Waals surface area contributed by atoms with Crippen LogP contribution in [0.15, 0.2) is 36.7 Å². The molecule has 0 saturated carbocycles. The average molecular weight is 328 g/mol. The topological polar surface area (TPSA) is 42.3 Å². The lowest BCUT2D eigenvalue weighted by molar-refractivity contribution is -0.0704. The zero-order valence-corrected chi connectivity index (χ0v) is 14.9. The van der Waals surface area contributed by atoms with Gasteiger partial charge in [0.2, 0.25) is 0 Å². The first-order valence-corrected chi connectivity index (χ1v) is 8.84. The van der Waals surface area contributed by atoms with Gasteiger partial charge in [-0.3, -0.25) is 4.90 Å². The first kappa shape index (κ1) is 17.0. The third-order valence-electron chi connectivity index (χ3n) is 4.42. The molecule has 130 valence electrons. The van der Waals surface area contributed by atoms with Gasteiger partial charge in [0.15, 0.2) is 0 Å². The highest BCUT2D eigenvalue weighted by molar-refractivity contribution is 5.45. The van der Waals surface area contributed by atoms with Gasteiger partial charge in [-0.2, -0.15) is 0 Å². The molecule has 1 aliphatic heterocycles. The van der Waals surface area contributed by atoms with E-state index < -0.39 is 0 Å². The third kappa shape index (κ3) is 4.36. The second-order valence-corrected chi connectivity index (χ2v) is 6.63. The van der Waals surface area contributed by atoms with E-state index in [4.69, 9.17) is 4.74 Å². The summed E-state index contributed by atoms with van der Waals surface area (Å²) in [6.45, 7) is 11.1. The summed E-state index contributed by atoms with van der Waals surface area (Å²) in [5, 5.41) is 3.49. The van der Waals surface area contributed by atoms with Crippen molar-refractivity contribution in [1.29, 1.82) is 0 Å². The summed E-state index contributed by atoms with van der Waals surface area (Å²) < 4.78 is 7.98. The van der Waals surface area contributed by atoms with Crippen LogP contribution in [0, 0.1) is 0 Å². The fourth-order valence-corrected chi connectivity index (χ4v) is 3.43. The molecule has 2 heterocycles. The van der Waals surface area contributed by atoms with E-state index in [1.165, 1.54) is 5.56 Å². The van der Waals surface area contributed by atoms with Gasteiger partial charge in [0.05, 0.1) is 18.8 Å². The van der Waals surface area contributed by atoms with Crippen molar-refractivity contribution in [2.24, 2.45) is 0 Å². The number of morpholine rings is 1. The molecule has 1 fully saturated rings. The molecule has 2 atom stereocenters. The van der Waals surface area contributed by atoms with Crippen molar-refractivity contribution < 1.29 is 4.74 Å². The number of aryl methyl sites for hydroxylation is 1. The van der Waals surface area contributed by atoms with Crippen molar-refractivity contribution in [1.82, 2.24) is 14.5 Å². The molecule has 1 saturated heterocycles. The Labute approximate surface area is 144 Å². The third-order valence-corrected chi connectivity index (χ3v) is 4.42. The van der Waals surface area contributed by atoms with Gasteiger partial charge in [-0.05, 0) is 38.5 Å². The van der Waals surface area contributed by atoms with Crippen LogP contribution < -0.4 is 5.32 Å². The van der Waals surface area contributed by atoms with Crippen molar-refractivity contribution >= 4 is 5.69 Å². The van der Waals surface area contributed by atoms with Crippen LogP contribution in [-0.2, 0) is 24.4 Å². The number of benzene rings is 1. The normalized spacial score (nSPS) is 21.8. The highest BCUT2D eigenvalue weighted by Crippen LogP contribution is 2.17. The smallest absolute Gasteiger partial charge is 0.128 e. The lowest BCUT2D eigenvalue weighted by Crippen LogP contribution is -2.44. The van der Waals surface area contributed by atoms with E-state index in [1.807, 2.05) is 12.4 Å². The van der Waals surface area contributed by atoms with Crippen molar-refractivity contribution in [2.75, 3.05) is 18.4 Å². The maximum atomic E-state index is 5.82. The van der Waals surface area contributed by atoms with Gasteiger partial charge >= 0.3 is 0 Å². The first-order chi connectivity index (χ1) is 11.6. The summed E-state index contributed by atoms with van der Waals surface area (Å²) in [5.74, 6) is 1.07. The molecule has 0 spiro atoms. The van der Waals surface area contributed by atoms with Gasteiger partial charge in [-0.25, -0.2) is 4.98 Å². The van der Waals surface area contributed by atoms with E-state index in [9.17, 15) is 0 Å². The van der Waals surface area contributed by atoms with Gasteiger partial charge < -0.3 is 14.6 Å². The molecule has 24 heavy (non-hydrogen) atoms. The van der Waals surface area contributed by atoms with E-state index in [0.717, 1.165) is 44.2 Å². The Kier molecular flexibility index (Phi) is 5.53. The minimum absolute atomic E-state index is 0.308. The van der Waals surface area contributed by atoms with Gasteiger partial charge in [-0.1, -0.05) is 12.1 Å². The molecule has 0 unspecified atom stereocenters. The number of hydrogen-bond donors (Lipinski definition) is 1. The summed E-state index contributed by atoms with van der Waals surface area (Å²) in [6, 6.07) is 8.68. The fourth-order valence-electron chi connectivity index (χ4n) is 3.43. The van der Waals surface area contributed by atoms with Crippen molar-refractivity contribution in [3.63, 3.8) is 0 Å². The molecule has 0 aliphatic carbocycles. The largest absolute Gasteiger partial charge is 0.378 e. The van der Waals surface area contributed by atoms with Gasteiger partial charge in [-0.15, -0.1) is 0 Å². The standard InChI is InChI=1S/C19H28N4O/c1-4-23-9-8-20-19(23)11-21-18-7-5-6-17(10-18)14-22-12-15(2)24-16(3)13-22/h5-10,15-16,21H,4,11-14H2,1-3H3/t15-,16+. The number of nitrogens with zero attached hydrogens (tertiary/aromatic N) is 3. The van der Waals surface area contributed by atoms with E-state index in [2.05, 4.69) is 64.8 Å². The van der Waals surface area contributed by atoms with Crippen molar-refractivity contribution in [3.05, 3.63) is 48.0 Å². The molecule has 1 aromatic carbocycles. The maximum absolute atomic E-state index is 5.82. The SMILES string of the molecule is CCn1ccnc1CNc1cccc(CN2C[C@@H](C)O[C@@H](C)C2)c1. The molecule has 0 radical (unpaired) electrons. The van der Waals surface area contributed by atoms with Gasteiger partial charge in [0.25, 0.3) is 0 Å². The quantitative estimate of drug-likeness (QED) is 0.885. The van der Waals surface area contributed by atoms with Gasteiger partial charge in [0.1, 0.15) is 5.82 Å². The zero-order chi connectivity index (χ0) is 16.9. The van der Waals surface area contributed by atoms with Crippen LogP contribution in [0.25, 0.3) is 0 Å². The lowest BCUT2D eigenvalue weighted by Gasteiger charge is -2.35. The molecule has 1 aromatic heterocycles.